The van der Waals surface area contributed by atoms with E-state index < -0.39 is 10.0 Å². The van der Waals surface area contributed by atoms with Gasteiger partial charge in [0.15, 0.2) is 10.7 Å². The minimum Gasteiger partial charge on any atom is -0.360 e. The summed E-state index contributed by atoms with van der Waals surface area (Å²) in [5.74, 6) is 0.335. The molecule has 24 heavy (non-hydrogen) atoms. The second kappa shape index (κ2) is 6.57. The Morgan fingerprint density at radius 2 is 1.79 bits per heavy atom. The van der Waals surface area contributed by atoms with E-state index in [-0.39, 0.29) is 10.9 Å². The molecule has 3 rings (SSSR count). The van der Waals surface area contributed by atoms with Gasteiger partial charge in [-0.15, -0.1) is 0 Å². The number of nitrogens with zero attached hydrogens (tertiary/aromatic N) is 3. The molecule has 2 heterocycles. The van der Waals surface area contributed by atoms with E-state index in [0.29, 0.717) is 17.1 Å². The number of piperidine rings is 1. The molecule has 7 heteroatoms. The van der Waals surface area contributed by atoms with Crippen LogP contribution in [0.15, 0.2) is 39.8 Å². The first-order valence-electron chi connectivity index (χ1n) is 8.12. The topological polar surface area (TPSA) is 66.7 Å². The first kappa shape index (κ1) is 17.0. The normalized spacial score (nSPS) is 17.1. The molecule has 0 spiro atoms. The minimum atomic E-state index is -3.73. The highest BCUT2D eigenvalue weighted by atomic mass is 32.2. The maximum Gasteiger partial charge on any atom is 0.269 e. The van der Waals surface area contributed by atoms with E-state index >= 15 is 0 Å². The third kappa shape index (κ3) is 3.06. The van der Waals surface area contributed by atoms with E-state index in [2.05, 4.69) is 17.1 Å². The Kier molecular flexibility index (Phi) is 4.64. The second-order valence-corrected chi connectivity index (χ2v) is 8.08. The van der Waals surface area contributed by atoms with E-state index in [9.17, 15) is 8.42 Å². The summed E-state index contributed by atoms with van der Waals surface area (Å²) < 4.78 is 33.5. The Morgan fingerprint density at radius 1 is 1.17 bits per heavy atom. The van der Waals surface area contributed by atoms with Crippen LogP contribution in [0.2, 0.25) is 0 Å². The largest absolute Gasteiger partial charge is 0.360 e. The number of hydrogen-bond acceptors (Lipinski definition) is 5. The number of rotatable bonds is 4. The molecule has 2 aromatic rings. The Morgan fingerprint density at radius 3 is 2.33 bits per heavy atom. The van der Waals surface area contributed by atoms with Crippen LogP contribution < -0.4 is 4.31 Å². The van der Waals surface area contributed by atoms with Gasteiger partial charge in [0.1, 0.15) is 5.69 Å². The zero-order valence-corrected chi connectivity index (χ0v) is 15.1. The number of sulfonamides is 1. The smallest absolute Gasteiger partial charge is 0.269 e. The quantitative estimate of drug-likeness (QED) is 0.849. The Balaban J connectivity index is 2.08. The monoisotopic (exact) mass is 349 g/mol. The number of para-hydroxylation sites is 1. The van der Waals surface area contributed by atoms with Gasteiger partial charge in [-0.25, -0.2) is 8.42 Å². The first-order chi connectivity index (χ1) is 11.4. The van der Waals surface area contributed by atoms with Crippen LogP contribution in [-0.2, 0) is 10.0 Å². The summed E-state index contributed by atoms with van der Waals surface area (Å²) >= 11 is 0. The zero-order chi connectivity index (χ0) is 17.3. The Labute approximate surface area is 143 Å². The molecule has 1 aromatic heterocycles. The van der Waals surface area contributed by atoms with Gasteiger partial charge < -0.3 is 9.42 Å². The van der Waals surface area contributed by atoms with Gasteiger partial charge in [-0.2, -0.15) is 0 Å². The van der Waals surface area contributed by atoms with Crippen molar-refractivity contribution in [2.24, 2.45) is 0 Å². The number of hydrogen-bond donors (Lipinski definition) is 0. The van der Waals surface area contributed by atoms with Crippen molar-refractivity contribution in [3.05, 3.63) is 41.8 Å². The summed E-state index contributed by atoms with van der Waals surface area (Å²) in [5.41, 5.74) is 1.09. The lowest BCUT2D eigenvalue weighted by molar-refractivity contribution is 0.257. The number of likely N-dealkylation sites (tertiary alicyclic amines) is 1. The Bertz CT molecular complexity index is 774. The van der Waals surface area contributed by atoms with Gasteiger partial charge in [0.2, 0.25) is 0 Å². The fraction of sp³-hybridized carbons (Fsp3) is 0.471. The average molecular weight is 349 g/mol. The summed E-state index contributed by atoms with van der Waals surface area (Å²) in [4.78, 5) is 2.41. The lowest BCUT2D eigenvalue weighted by Crippen LogP contribution is -2.47. The van der Waals surface area contributed by atoms with E-state index in [0.717, 1.165) is 25.9 Å². The average Bonchev–Trinajstić information content (AvgIpc) is 2.90. The van der Waals surface area contributed by atoms with Gasteiger partial charge in [-0.05, 0) is 59.0 Å². The minimum absolute atomic E-state index is 0.0673. The van der Waals surface area contributed by atoms with Gasteiger partial charge in [0.05, 0.1) is 5.69 Å². The predicted molar refractivity (Wildman–Crippen MR) is 92.6 cm³/mol. The third-order valence-electron chi connectivity index (χ3n) is 4.52. The van der Waals surface area contributed by atoms with E-state index in [4.69, 9.17) is 4.52 Å². The maximum absolute atomic E-state index is 13.4. The lowest BCUT2D eigenvalue weighted by atomic mass is 10.1. The molecule has 1 aromatic carbocycles. The van der Waals surface area contributed by atoms with Crippen LogP contribution in [0.3, 0.4) is 0 Å². The molecule has 1 aliphatic rings. The summed E-state index contributed by atoms with van der Waals surface area (Å²) in [6.45, 7) is 5.07. The van der Waals surface area contributed by atoms with Crippen molar-refractivity contribution in [3.8, 4) is 0 Å². The molecule has 1 fully saturated rings. The molecule has 0 radical (unpaired) electrons. The zero-order valence-electron chi connectivity index (χ0n) is 14.3. The molecule has 6 nitrogen and oxygen atoms in total. The molecule has 1 aliphatic heterocycles. The highest BCUT2D eigenvalue weighted by Gasteiger charge is 2.37. The highest BCUT2D eigenvalue weighted by Crippen LogP contribution is 2.32. The fourth-order valence-electron chi connectivity index (χ4n) is 3.29. The summed E-state index contributed by atoms with van der Waals surface area (Å²) in [6.07, 6.45) is 1.60. The number of benzene rings is 1. The molecule has 1 saturated heterocycles. The number of aryl methyl sites for hydroxylation is 2. The molecule has 0 bridgehead atoms. The van der Waals surface area contributed by atoms with Crippen LogP contribution in [0.4, 0.5) is 5.69 Å². The molecule has 130 valence electrons. The maximum atomic E-state index is 13.4. The predicted octanol–water partition coefficient (Wildman–Crippen LogP) is 2.58. The lowest BCUT2D eigenvalue weighted by Gasteiger charge is -2.37. The van der Waals surface area contributed by atoms with Crippen LogP contribution in [0.5, 0.6) is 0 Å². The molecule has 0 amide bonds. The second-order valence-electron chi connectivity index (χ2n) is 6.32. The van der Waals surface area contributed by atoms with Crippen molar-refractivity contribution in [2.75, 3.05) is 24.4 Å². The summed E-state index contributed by atoms with van der Waals surface area (Å²) in [5, 5.41) is 3.83. The van der Waals surface area contributed by atoms with Gasteiger partial charge in [0.25, 0.3) is 10.0 Å². The molecule has 0 atom stereocenters. The van der Waals surface area contributed by atoms with Gasteiger partial charge in [0, 0.05) is 6.04 Å². The third-order valence-corrected chi connectivity index (χ3v) is 6.64. The van der Waals surface area contributed by atoms with Gasteiger partial charge >= 0.3 is 0 Å². The molecule has 0 N–H and O–H groups in total. The van der Waals surface area contributed by atoms with Crippen LogP contribution in [0.25, 0.3) is 0 Å². The summed E-state index contributed by atoms with van der Waals surface area (Å²) in [7, 11) is -1.67. The van der Waals surface area contributed by atoms with E-state index in [1.54, 1.807) is 18.2 Å². The van der Waals surface area contributed by atoms with Crippen molar-refractivity contribution in [3.63, 3.8) is 0 Å². The van der Waals surface area contributed by atoms with Crippen molar-refractivity contribution < 1.29 is 12.9 Å². The van der Waals surface area contributed by atoms with Crippen molar-refractivity contribution in [1.82, 2.24) is 10.1 Å². The van der Waals surface area contributed by atoms with E-state index in [1.807, 2.05) is 30.3 Å². The molecular formula is C17H23N3O3S. The van der Waals surface area contributed by atoms with Crippen molar-refractivity contribution in [1.29, 1.82) is 0 Å². The molecule has 0 unspecified atom stereocenters. The Hall–Kier alpha value is -1.86. The van der Waals surface area contributed by atoms with E-state index in [1.165, 1.54) is 0 Å². The van der Waals surface area contributed by atoms with Crippen LogP contribution in [0, 0.1) is 13.8 Å². The van der Waals surface area contributed by atoms with Gasteiger partial charge in [-0.3, -0.25) is 4.31 Å². The van der Waals surface area contributed by atoms with Crippen LogP contribution in [-0.4, -0.2) is 44.7 Å². The number of aromatic nitrogens is 1. The van der Waals surface area contributed by atoms with Crippen molar-refractivity contribution >= 4 is 15.7 Å². The van der Waals surface area contributed by atoms with Crippen LogP contribution >= 0.6 is 0 Å². The molecular weight excluding hydrogens is 326 g/mol. The SMILES string of the molecule is Cc1noc(C)c1S(=O)(=O)N(c1ccccc1)C1CCN(C)CC1. The fourth-order valence-corrected chi connectivity index (χ4v) is 5.30. The first-order valence-corrected chi connectivity index (χ1v) is 9.56. The molecule has 0 aliphatic carbocycles. The highest BCUT2D eigenvalue weighted by molar-refractivity contribution is 7.93. The number of anilines is 1. The van der Waals surface area contributed by atoms with Crippen LogP contribution in [0.1, 0.15) is 24.3 Å². The van der Waals surface area contributed by atoms with Crippen molar-refractivity contribution in [2.45, 2.75) is 37.6 Å². The standard InChI is InChI=1S/C17H23N3O3S/c1-13-17(14(2)23-18-13)24(21,22)20(15-7-5-4-6-8-15)16-9-11-19(3)12-10-16/h4-8,16H,9-12H2,1-3H3. The molecule has 0 saturated carbocycles. The van der Waals surface area contributed by atoms with Gasteiger partial charge in [-0.1, -0.05) is 23.4 Å². The summed E-state index contributed by atoms with van der Waals surface area (Å²) in [6, 6.07) is 9.23.